The van der Waals surface area contributed by atoms with Gasteiger partial charge in [0, 0.05) is 17.1 Å². The predicted molar refractivity (Wildman–Crippen MR) is 153 cm³/mol. The molecule has 0 unspecified atom stereocenters. The van der Waals surface area contributed by atoms with Crippen molar-refractivity contribution in [3.63, 3.8) is 0 Å². The minimum Gasteiger partial charge on any atom is -0.497 e. The Hall–Kier alpha value is -4.70. The van der Waals surface area contributed by atoms with Crippen LogP contribution >= 0.6 is 0 Å². The smallest absolute Gasteiger partial charge is 0.119 e. The molecule has 182 valence electrons. The highest BCUT2D eigenvalue weighted by Gasteiger charge is 2.15. The lowest BCUT2D eigenvalue weighted by Crippen LogP contribution is -2.10. The maximum Gasteiger partial charge on any atom is 0.119 e. The topological polar surface area (TPSA) is 30.9 Å². The van der Waals surface area contributed by atoms with Gasteiger partial charge in [0.1, 0.15) is 17.2 Å². The van der Waals surface area contributed by atoms with E-state index in [1.54, 1.807) is 21.3 Å². The Labute approximate surface area is 216 Å². The first kappa shape index (κ1) is 22.7. The van der Waals surface area contributed by atoms with Crippen molar-refractivity contribution in [1.82, 2.24) is 0 Å². The fourth-order valence-corrected chi connectivity index (χ4v) is 4.88. The molecule has 0 fully saturated rings. The number of ether oxygens (including phenoxy) is 3. The van der Waals surface area contributed by atoms with E-state index in [1.165, 1.54) is 0 Å². The summed E-state index contributed by atoms with van der Waals surface area (Å²) in [5.41, 5.74) is 3.25. The summed E-state index contributed by atoms with van der Waals surface area (Å²) in [7, 11) is 5.09. The van der Waals surface area contributed by atoms with E-state index in [2.05, 4.69) is 95.9 Å². The van der Waals surface area contributed by atoms with E-state index in [0.29, 0.717) is 0 Å². The van der Waals surface area contributed by atoms with Crippen LogP contribution in [0.2, 0.25) is 0 Å². The molecular formula is C33H27NO3. The van der Waals surface area contributed by atoms with Gasteiger partial charge in [0.2, 0.25) is 0 Å². The molecule has 0 radical (unpaired) electrons. The summed E-state index contributed by atoms with van der Waals surface area (Å²) in [6, 6.07) is 38.2. The van der Waals surface area contributed by atoms with Crippen LogP contribution in [0.1, 0.15) is 0 Å². The minimum absolute atomic E-state index is 0.854. The van der Waals surface area contributed by atoms with Crippen molar-refractivity contribution < 1.29 is 14.2 Å². The number of hydrogen-bond acceptors (Lipinski definition) is 4. The summed E-state index contributed by atoms with van der Waals surface area (Å²) < 4.78 is 16.3. The van der Waals surface area contributed by atoms with Gasteiger partial charge in [-0.1, -0.05) is 36.4 Å². The van der Waals surface area contributed by atoms with Crippen molar-refractivity contribution in [2.75, 3.05) is 26.2 Å². The molecule has 0 spiro atoms. The first-order valence-corrected chi connectivity index (χ1v) is 12.2. The third-order valence-corrected chi connectivity index (χ3v) is 6.87. The molecule has 0 heterocycles. The van der Waals surface area contributed by atoms with Crippen LogP contribution in [0.5, 0.6) is 17.2 Å². The molecule has 6 rings (SSSR count). The molecule has 0 N–H and O–H groups in total. The zero-order valence-electron chi connectivity index (χ0n) is 21.1. The van der Waals surface area contributed by atoms with Crippen LogP contribution in [0.3, 0.4) is 0 Å². The first-order chi connectivity index (χ1) is 18.1. The second kappa shape index (κ2) is 9.40. The molecule has 6 aromatic rings. The summed E-state index contributed by atoms with van der Waals surface area (Å²) >= 11 is 0. The van der Waals surface area contributed by atoms with E-state index in [0.717, 1.165) is 66.6 Å². The zero-order chi connectivity index (χ0) is 25.4. The van der Waals surface area contributed by atoms with Crippen LogP contribution in [0.4, 0.5) is 17.1 Å². The van der Waals surface area contributed by atoms with Crippen molar-refractivity contribution in [2.45, 2.75) is 0 Å². The number of nitrogens with zero attached hydrogens (tertiary/aromatic N) is 1. The van der Waals surface area contributed by atoms with Crippen LogP contribution < -0.4 is 19.1 Å². The fourth-order valence-electron chi connectivity index (χ4n) is 4.88. The molecule has 0 aliphatic rings. The van der Waals surface area contributed by atoms with E-state index >= 15 is 0 Å². The lowest BCUT2D eigenvalue weighted by atomic mass is 10.0. The highest BCUT2D eigenvalue weighted by Crippen LogP contribution is 2.39. The van der Waals surface area contributed by atoms with Gasteiger partial charge in [-0.15, -0.1) is 0 Å². The Morgan fingerprint density at radius 3 is 0.919 bits per heavy atom. The largest absolute Gasteiger partial charge is 0.497 e. The lowest BCUT2D eigenvalue weighted by molar-refractivity contribution is 0.415. The maximum absolute atomic E-state index is 5.43. The Morgan fingerprint density at radius 2 is 0.622 bits per heavy atom. The lowest BCUT2D eigenvalue weighted by Gasteiger charge is -2.26. The number of hydrogen-bond donors (Lipinski definition) is 0. The summed E-state index contributed by atoms with van der Waals surface area (Å²) in [6.45, 7) is 0. The van der Waals surface area contributed by atoms with E-state index in [9.17, 15) is 0 Å². The molecule has 0 saturated heterocycles. The van der Waals surface area contributed by atoms with E-state index in [-0.39, 0.29) is 0 Å². The standard InChI is InChI=1S/C33H27NO3/c1-35-31-13-7-22-16-28(10-4-25(22)19-31)34(29-11-5-26-20-32(36-2)14-8-23(26)17-29)30-12-6-27-21-33(37-3)15-9-24(27)18-30/h4-21H,1-3H3. The van der Waals surface area contributed by atoms with Crippen molar-refractivity contribution in [3.8, 4) is 17.2 Å². The van der Waals surface area contributed by atoms with Gasteiger partial charge in [-0.05, 0) is 105 Å². The molecule has 0 aromatic heterocycles. The average Bonchev–Trinajstić information content (AvgIpc) is 2.96. The Balaban J connectivity index is 1.53. The van der Waals surface area contributed by atoms with Crippen molar-refractivity contribution >= 4 is 49.4 Å². The Morgan fingerprint density at radius 1 is 0.351 bits per heavy atom. The first-order valence-electron chi connectivity index (χ1n) is 12.2. The summed E-state index contributed by atoms with van der Waals surface area (Å²) in [4.78, 5) is 2.30. The van der Waals surface area contributed by atoms with Gasteiger partial charge in [-0.2, -0.15) is 0 Å². The van der Waals surface area contributed by atoms with Gasteiger partial charge < -0.3 is 19.1 Å². The molecule has 0 saturated carbocycles. The van der Waals surface area contributed by atoms with E-state index < -0.39 is 0 Å². The van der Waals surface area contributed by atoms with Crippen LogP contribution in [-0.4, -0.2) is 21.3 Å². The molecule has 0 amide bonds. The second-order valence-corrected chi connectivity index (χ2v) is 9.03. The maximum atomic E-state index is 5.43. The number of anilines is 3. The summed E-state index contributed by atoms with van der Waals surface area (Å²) in [5, 5.41) is 6.87. The summed E-state index contributed by atoms with van der Waals surface area (Å²) in [6.07, 6.45) is 0. The fraction of sp³-hybridized carbons (Fsp3) is 0.0909. The Bertz CT molecular complexity index is 1550. The zero-order valence-corrected chi connectivity index (χ0v) is 21.1. The molecule has 37 heavy (non-hydrogen) atoms. The van der Waals surface area contributed by atoms with Crippen LogP contribution in [0.15, 0.2) is 109 Å². The average molecular weight is 486 g/mol. The predicted octanol–water partition coefficient (Wildman–Crippen LogP) is 8.64. The molecule has 0 atom stereocenters. The Kier molecular flexibility index (Phi) is 5.78. The van der Waals surface area contributed by atoms with E-state index in [1.807, 2.05) is 18.2 Å². The quantitative estimate of drug-likeness (QED) is 0.236. The van der Waals surface area contributed by atoms with Gasteiger partial charge in [0.05, 0.1) is 21.3 Å². The number of fused-ring (bicyclic) bond motifs is 3. The molecule has 6 aromatic carbocycles. The molecule has 4 nitrogen and oxygen atoms in total. The van der Waals surface area contributed by atoms with Crippen LogP contribution in [0, 0.1) is 0 Å². The van der Waals surface area contributed by atoms with Gasteiger partial charge in [-0.3, -0.25) is 0 Å². The molecule has 0 aliphatic heterocycles. The monoisotopic (exact) mass is 485 g/mol. The molecule has 0 bridgehead atoms. The molecular weight excluding hydrogens is 458 g/mol. The highest BCUT2D eigenvalue weighted by atomic mass is 16.5. The highest BCUT2D eigenvalue weighted by molar-refractivity contribution is 5.95. The second-order valence-electron chi connectivity index (χ2n) is 9.03. The number of rotatable bonds is 6. The van der Waals surface area contributed by atoms with Gasteiger partial charge in [0.15, 0.2) is 0 Å². The number of methoxy groups -OCH3 is 3. The van der Waals surface area contributed by atoms with Gasteiger partial charge in [0.25, 0.3) is 0 Å². The SMILES string of the molecule is COc1ccc2cc(N(c3ccc4cc(OC)ccc4c3)c3ccc4cc(OC)ccc4c3)ccc2c1. The summed E-state index contributed by atoms with van der Waals surface area (Å²) in [5.74, 6) is 2.56. The van der Waals surface area contributed by atoms with Gasteiger partial charge >= 0.3 is 0 Å². The third kappa shape index (κ3) is 4.27. The third-order valence-electron chi connectivity index (χ3n) is 6.87. The van der Waals surface area contributed by atoms with Crippen molar-refractivity contribution in [2.24, 2.45) is 0 Å². The van der Waals surface area contributed by atoms with Gasteiger partial charge in [-0.25, -0.2) is 0 Å². The number of benzene rings is 6. The normalized spacial score (nSPS) is 11.1. The van der Waals surface area contributed by atoms with Crippen molar-refractivity contribution in [1.29, 1.82) is 0 Å². The molecule has 0 aliphatic carbocycles. The van der Waals surface area contributed by atoms with Crippen LogP contribution in [0.25, 0.3) is 32.3 Å². The molecule has 4 heteroatoms. The minimum atomic E-state index is 0.854. The van der Waals surface area contributed by atoms with E-state index in [4.69, 9.17) is 14.2 Å². The van der Waals surface area contributed by atoms with Crippen molar-refractivity contribution in [3.05, 3.63) is 109 Å². The van der Waals surface area contributed by atoms with Crippen LogP contribution in [-0.2, 0) is 0 Å².